The van der Waals surface area contributed by atoms with Crippen LogP contribution in [0.5, 0.6) is 17.5 Å². The molecule has 4 rings (SSSR count). The van der Waals surface area contributed by atoms with Crippen LogP contribution < -0.4 is 14.2 Å². The normalized spacial score (nSPS) is 12.6. The van der Waals surface area contributed by atoms with Crippen LogP contribution in [0.1, 0.15) is 23.5 Å². The molecule has 3 heterocycles. The molecule has 128 valence electrons. The molecule has 8 heteroatoms. The van der Waals surface area contributed by atoms with E-state index in [-0.39, 0.29) is 24.8 Å². The van der Waals surface area contributed by atoms with Crippen LogP contribution in [0.25, 0.3) is 11.4 Å². The average Bonchev–Trinajstić information content (AvgIpc) is 3.33. The van der Waals surface area contributed by atoms with Crippen molar-refractivity contribution in [2.24, 2.45) is 0 Å². The Hall–Kier alpha value is -2.87. The molecule has 2 aromatic heterocycles. The number of carbonyl (C=O) groups is 1. The van der Waals surface area contributed by atoms with Gasteiger partial charge in [0.2, 0.25) is 6.79 Å². The smallest absolute Gasteiger partial charge is 0.336 e. The zero-order valence-electron chi connectivity index (χ0n) is 13.6. The van der Waals surface area contributed by atoms with Crippen molar-refractivity contribution in [1.82, 2.24) is 14.8 Å². The molecule has 0 bridgehead atoms. The molecule has 25 heavy (non-hydrogen) atoms. The lowest BCUT2D eigenvalue weighted by molar-refractivity contribution is 0.0947. The van der Waals surface area contributed by atoms with E-state index >= 15 is 0 Å². The molecule has 1 aromatic carbocycles. The van der Waals surface area contributed by atoms with Gasteiger partial charge in [-0.1, -0.05) is 6.07 Å². The molecule has 0 fully saturated rings. The maximum atomic E-state index is 12.8. The predicted octanol–water partition coefficient (Wildman–Crippen LogP) is 3.21. The summed E-state index contributed by atoms with van der Waals surface area (Å²) in [7, 11) is 0. The van der Waals surface area contributed by atoms with Crippen LogP contribution in [0.15, 0.2) is 35.7 Å². The highest BCUT2D eigenvalue weighted by Crippen LogP contribution is 2.36. The van der Waals surface area contributed by atoms with Gasteiger partial charge in [-0.3, -0.25) is 4.79 Å². The maximum Gasteiger partial charge on any atom is 0.336 e. The first-order valence-corrected chi connectivity index (χ1v) is 8.62. The minimum Gasteiger partial charge on any atom is -0.460 e. The third kappa shape index (κ3) is 2.96. The standard InChI is InChI=1S/C17H15N3O4S/c1-10(2)24-17-18-15(11-5-6-12-13(8-11)23-9-22-12)20(19-17)16(21)14-4-3-7-25-14/h3-8,10H,9H2,1-2H3. The van der Waals surface area contributed by atoms with Crippen molar-refractivity contribution in [2.75, 3.05) is 6.79 Å². The number of benzene rings is 1. The lowest BCUT2D eigenvalue weighted by Crippen LogP contribution is -2.14. The topological polar surface area (TPSA) is 75.5 Å². The molecule has 7 nitrogen and oxygen atoms in total. The van der Waals surface area contributed by atoms with Gasteiger partial charge >= 0.3 is 6.01 Å². The first kappa shape index (κ1) is 15.6. The zero-order valence-corrected chi connectivity index (χ0v) is 14.4. The van der Waals surface area contributed by atoms with Crippen LogP contribution in [0.3, 0.4) is 0 Å². The molecule has 0 saturated heterocycles. The van der Waals surface area contributed by atoms with Crippen molar-refractivity contribution >= 4 is 17.2 Å². The van der Waals surface area contributed by atoms with E-state index in [0.29, 0.717) is 27.8 Å². The van der Waals surface area contributed by atoms with Gasteiger partial charge < -0.3 is 14.2 Å². The van der Waals surface area contributed by atoms with Crippen LogP contribution in [-0.2, 0) is 0 Å². The summed E-state index contributed by atoms with van der Waals surface area (Å²) in [6.45, 7) is 3.94. The second kappa shape index (κ2) is 6.21. The first-order valence-electron chi connectivity index (χ1n) is 7.74. The quantitative estimate of drug-likeness (QED) is 0.714. The van der Waals surface area contributed by atoms with Crippen molar-refractivity contribution in [3.63, 3.8) is 0 Å². The fourth-order valence-corrected chi connectivity index (χ4v) is 3.07. The van der Waals surface area contributed by atoms with E-state index in [4.69, 9.17) is 14.2 Å². The van der Waals surface area contributed by atoms with Crippen LogP contribution in [-0.4, -0.2) is 33.6 Å². The van der Waals surface area contributed by atoms with Crippen molar-refractivity contribution in [3.05, 3.63) is 40.6 Å². The summed E-state index contributed by atoms with van der Waals surface area (Å²) >= 11 is 1.35. The Kier molecular flexibility index (Phi) is 3.89. The average molecular weight is 357 g/mol. The summed E-state index contributed by atoms with van der Waals surface area (Å²) in [6.07, 6.45) is -0.0997. The van der Waals surface area contributed by atoms with E-state index in [2.05, 4.69) is 10.1 Å². The number of carbonyl (C=O) groups excluding carboxylic acids is 1. The van der Waals surface area contributed by atoms with Gasteiger partial charge in [0, 0.05) is 5.56 Å². The fraction of sp³-hybridized carbons (Fsp3) is 0.235. The number of aromatic nitrogens is 3. The minimum absolute atomic E-state index is 0.0997. The van der Waals surface area contributed by atoms with E-state index < -0.39 is 0 Å². The summed E-state index contributed by atoms with van der Waals surface area (Å²) in [6, 6.07) is 9.11. The molecule has 0 unspecified atom stereocenters. The Morgan fingerprint density at radius 1 is 1.28 bits per heavy atom. The monoisotopic (exact) mass is 357 g/mol. The van der Waals surface area contributed by atoms with Crippen molar-refractivity contribution in [3.8, 4) is 28.9 Å². The summed E-state index contributed by atoms with van der Waals surface area (Å²) in [5.74, 6) is 1.42. The molecule has 0 saturated carbocycles. The SMILES string of the molecule is CC(C)Oc1nc(-c2ccc3c(c2)OCO3)n(C(=O)c2cccs2)n1. The third-order valence-corrected chi connectivity index (χ3v) is 4.34. The Morgan fingerprint density at radius 2 is 2.12 bits per heavy atom. The third-order valence-electron chi connectivity index (χ3n) is 3.48. The predicted molar refractivity (Wildman–Crippen MR) is 91.4 cm³/mol. The Morgan fingerprint density at radius 3 is 2.88 bits per heavy atom. The van der Waals surface area contributed by atoms with Gasteiger partial charge in [0.1, 0.15) is 0 Å². The number of thiophene rings is 1. The molecule has 3 aromatic rings. The fourth-order valence-electron chi connectivity index (χ4n) is 2.42. The van der Waals surface area contributed by atoms with Gasteiger partial charge in [-0.2, -0.15) is 9.67 Å². The van der Waals surface area contributed by atoms with Crippen molar-refractivity contribution < 1.29 is 19.0 Å². The molecule has 0 spiro atoms. The lowest BCUT2D eigenvalue weighted by Gasteiger charge is -2.04. The van der Waals surface area contributed by atoms with Crippen molar-refractivity contribution in [1.29, 1.82) is 0 Å². The van der Waals surface area contributed by atoms with Crippen LogP contribution in [0, 0.1) is 0 Å². The molecule has 0 radical (unpaired) electrons. The molecular weight excluding hydrogens is 342 g/mol. The molecular formula is C17H15N3O4S. The van der Waals surface area contributed by atoms with E-state index in [1.807, 2.05) is 31.4 Å². The first-order chi connectivity index (χ1) is 12.1. The van der Waals surface area contributed by atoms with Crippen LogP contribution >= 0.6 is 11.3 Å². The van der Waals surface area contributed by atoms with Gasteiger partial charge in [-0.15, -0.1) is 16.4 Å². The molecule has 1 aliphatic rings. The minimum atomic E-state index is -0.256. The number of rotatable bonds is 4. The van der Waals surface area contributed by atoms with Gasteiger partial charge in [0.05, 0.1) is 11.0 Å². The molecule has 1 aliphatic heterocycles. The molecule has 0 N–H and O–H groups in total. The van der Waals surface area contributed by atoms with Gasteiger partial charge in [0.15, 0.2) is 17.3 Å². The molecule has 0 aliphatic carbocycles. The summed E-state index contributed by atoms with van der Waals surface area (Å²) in [5.41, 5.74) is 0.695. The lowest BCUT2D eigenvalue weighted by atomic mass is 10.2. The molecule has 0 atom stereocenters. The Bertz CT molecular complexity index is 918. The summed E-state index contributed by atoms with van der Waals surface area (Å²) < 4.78 is 17.6. The highest BCUT2D eigenvalue weighted by atomic mass is 32.1. The summed E-state index contributed by atoms with van der Waals surface area (Å²) in [4.78, 5) is 17.8. The zero-order chi connectivity index (χ0) is 17.4. The highest BCUT2D eigenvalue weighted by molar-refractivity contribution is 7.12. The van der Waals surface area contributed by atoms with Gasteiger partial charge in [0.25, 0.3) is 5.91 Å². The number of nitrogens with zero attached hydrogens (tertiary/aromatic N) is 3. The second-order valence-electron chi connectivity index (χ2n) is 5.65. The molecule has 0 amide bonds. The number of hydrogen-bond acceptors (Lipinski definition) is 7. The summed E-state index contributed by atoms with van der Waals surface area (Å²) in [5, 5.41) is 6.09. The van der Waals surface area contributed by atoms with Crippen LogP contribution in [0.2, 0.25) is 0 Å². The van der Waals surface area contributed by atoms with E-state index in [1.54, 1.807) is 18.2 Å². The van der Waals surface area contributed by atoms with Gasteiger partial charge in [-0.05, 0) is 43.5 Å². The Labute approximate surface area is 147 Å². The number of hydrogen-bond donors (Lipinski definition) is 0. The number of ether oxygens (including phenoxy) is 3. The largest absolute Gasteiger partial charge is 0.460 e. The van der Waals surface area contributed by atoms with E-state index in [1.165, 1.54) is 16.0 Å². The van der Waals surface area contributed by atoms with Crippen molar-refractivity contribution in [2.45, 2.75) is 20.0 Å². The maximum absolute atomic E-state index is 12.8. The highest BCUT2D eigenvalue weighted by Gasteiger charge is 2.23. The van der Waals surface area contributed by atoms with Gasteiger partial charge in [-0.25, -0.2) is 0 Å². The number of fused-ring (bicyclic) bond motifs is 1. The van der Waals surface area contributed by atoms with E-state index in [0.717, 1.165) is 0 Å². The van der Waals surface area contributed by atoms with Crippen LogP contribution in [0.4, 0.5) is 0 Å². The van der Waals surface area contributed by atoms with E-state index in [9.17, 15) is 4.79 Å². The Balaban J connectivity index is 1.79. The second-order valence-corrected chi connectivity index (χ2v) is 6.59.